The van der Waals surface area contributed by atoms with Crippen LogP contribution in [0.4, 0.5) is 20.6 Å². The number of hydrogen-bond acceptors (Lipinski definition) is 6. The van der Waals surface area contributed by atoms with E-state index in [0.29, 0.717) is 10.7 Å². The Morgan fingerprint density at radius 3 is 2.17 bits per heavy atom. The summed E-state index contributed by atoms with van der Waals surface area (Å²) in [5.41, 5.74) is 10.4. The van der Waals surface area contributed by atoms with E-state index in [4.69, 9.17) is 28.2 Å². The second-order valence-corrected chi connectivity index (χ2v) is 9.73. The zero-order valence-electron chi connectivity index (χ0n) is 18.8. The standard InChI is InChI=1S/C23H24ClFN6O4S/c24-15-6-8-16(9-7-15)29-22(33)31-23(12-26,13-27)21(32)30-19-10-5-14(11-18(19)25)17-3-1-2-4-20(17)36(28,34)35/h1-11H,12-13,26-27H2,(H,30,32)(H2,28,34,35)(H2,29,31,33). The van der Waals surface area contributed by atoms with Crippen molar-refractivity contribution in [3.05, 3.63) is 77.6 Å². The number of amides is 3. The van der Waals surface area contributed by atoms with Gasteiger partial charge in [0.1, 0.15) is 11.4 Å². The van der Waals surface area contributed by atoms with Crippen LogP contribution in [0.25, 0.3) is 11.1 Å². The van der Waals surface area contributed by atoms with E-state index in [0.717, 1.165) is 6.07 Å². The van der Waals surface area contributed by atoms with Crippen molar-refractivity contribution in [2.45, 2.75) is 10.4 Å². The molecule has 190 valence electrons. The lowest BCUT2D eigenvalue weighted by Crippen LogP contribution is -2.66. The van der Waals surface area contributed by atoms with Crippen molar-refractivity contribution >= 4 is 44.9 Å². The fourth-order valence-electron chi connectivity index (χ4n) is 3.32. The maximum Gasteiger partial charge on any atom is 0.320 e. The lowest BCUT2D eigenvalue weighted by molar-refractivity contribution is -0.121. The smallest absolute Gasteiger partial charge is 0.320 e. The van der Waals surface area contributed by atoms with Gasteiger partial charge in [0.25, 0.3) is 5.91 Å². The Morgan fingerprint density at radius 2 is 1.58 bits per heavy atom. The van der Waals surface area contributed by atoms with Crippen molar-refractivity contribution in [3.63, 3.8) is 0 Å². The molecule has 3 rings (SSSR count). The number of hydrogen-bond donors (Lipinski definition) is 6. The van der Waals surface area contributed by atoms with Gasteiger partial charge >= 0.3 is 6.03 Å². The molecular formula is C23H24ClFN6O4S. The first-order valence-corrected chi connectivity index (χ1v) is 12.4. The van der Waals surface area contributed by atoms with Crippen LogP contribution in [0.5, 0.6) is 0 Å². The SMILES string of the molecule is NCC(CN)(NC(=O)Nc1ccc(Cl)cc1)C(=O)Nc1ccc(-c2ccccc2S(N)(=O)=O)cc1F. The molecule has 3 aromatic carbocycles. The highest BCUT2D eigenvalue weighted by atomic mass is 35.5. The van der Waals surface area contributed by atoms with Crippen molar-refractivity contribution in [1.82, 2.24) is 5.32 Å². The number of nitrogens with two attached hydrogens (primary N) is 3. The maximum atomic E-state index is 14.9. The Labute approximate surface area is 212 Å². The third kappa shape index (κ3) is 6.17. The number of anilines is 2. The number of benzene rings is 3. The summed E-state index contributed by atoms with van der Waals surface area (Å²) in [6.45, 7) is -0.768. The number of halogens is 2. The summed E-state index contributed by atoms with van der Waals surface area (Å²) < 4.78 is 38.7. The maximum absolute atomic E-state index is 14.9. The van der Waals surface area contributed by atoms with Crippen molar-refractivity contribution in [3.8, 4) is 11.1 Å². The molecule has 0 aliphatic heterocycles. The lowest BCUT2D eigenvalue weighted by Gasteiger charge is -2.31. The molecule has 0 unspecified atom stereocenters. The molecule has 0 fully saturated rings. The minimum atomic E-state index is -4.06. The van der Waals surface area contributed by atoms with Crippen LogP contribution in [-0.4, -0.2) is 39.0 Å². The fraction of sp³-hybridized carbons (Fsp3) is 0.130. The van der Waals surface area contributed by atoms with Gasteiger partial charge in [0, 0.05) is 29.4 Å². The predicted octanol–water partition coefficient (Wildman–Crippen LogP) is 2.21. The van der Waals surface area contributed by atoms with Gasteiger partial charge < -0.3 is 27.4 Å². The highest BCUT2D eigenvalue weighted by Gasteiger charge is 2.38. The highest BCUT2D eigenvalue weighted by Crippen LogP contribution is 2.29. The third-order valence-electron chi connectivity index (χ3n) is 5.31. The van der Waals surface area contributed by atoms with Crippen LogP contribution in [0.3, 0.4) is 0 Å². The molecule has 9 N–H and O–H groups in total. The molecular weight excluding hydrogens is 511 g/mol. The van der Waals surface area contributed by atoms with E-state index < -0.39 is 33.3 Å². The quantitative estimate of drug-likeness (QED) is 0.257. The molecule has 0 saturated carbocycles. The molecule has 0 bridgehead atoms. The average molecular weight is 535 g/mol. The van der Waals surface area contributed by atoms with Crippen LogP contribution in [0.15, 0.2) is 71.6 Å². The molecule has 3 amide bonds. The Bertz CT molecular complexity index is 1380. The normalized spacial score (nSPS) is 11.6. The molecule has 0 radical (unpaired) electrons. The van der Waals surface area contributed by atoms with Crippen LogP contribution in [0.1, 0.15) is 0 Å². The Morgan fingerprint density at radius 1 is 0.944 bits per heavy atom. The van der Waals surface area contributed by atoms with Gasteiger partial charge in [0.05, 0.1) is 10.6 Å². The molecule has 0 atom stereocenters. The topological polar surface area (TPSA) is 182 Å². The number of sulfonamides is 1. The molecule has 0 spiro atoms. The van der Waals surface area contributed by atoms with Gasteiger partial charge in [-0.05, 0) is 48.0 Å². The van der Waals surface area contributed by atoms with Crippen LogP contribution in [0.2, 0.25) is 5.02 Å². The first-order chi connectivity index (χ1) is 17.0. The fourth-order valence-corrected chi connectivity index (χ4v) is 4.21. The zero-order chi connectivity index (χ0) is 26.5. The summed E-state index contributed by atoms with van der Waals surface area (Å²) in [5.74, 6) is -1.71. The molecule has 36 heavy (non-hydrogen) atoms. The van der Waals surface area contributed by atoms with Gasteiger partial charge in [0.15, 0.2) is 0 Å². The van der Waals surface area contributed by atoms with Gasteiger partial charge in [-0.1, -0.05) is 35.9 Å². The second-order valence-electron chi connectivity index (χ2n) is 7.77. The monoisotopic (exact) mass is 534 g/mol. The zero-order valence-corrected chi connectivity index (χ0v) is 20.4. The van der Waals surface area contributed by atoms with Gasteiger partial charge in [-0.25, -0.2) is 22.7 Å². The third-order valence-corrected chi connectivity index (χ3v) is 6.53. The summed E-state index contributed by atoms with van der Waals surface area (Å²) in [6, 6.07) is 15.0. The molecule has 3 aromatic rings. The molecule has 10 nitrogen and oxygen atoms in total. The summed E-state index contributed by atoms with van der Waals surface area (Å²) in [4.78, 5) is 25.3. The van der Waals surface area contributed by atoms with E-state index in [1.807, 2.05) is 0 Å². The summed E-state index contributed by atoms with van der Waals surface area (Å²) >= 11 is 5.83. The predicted molar refractivity (Wildman–Crippen MR) is 136 cm³/mol. The average Bonchev–Trinajstić information content (AvgIpc) is 2.84. The highest BCUT2D eigenvalue weighted by molar-refractivity contribution is 7.89. The summed E-state index contributed by atoms with van der Waals surface area (Å²) in [6.07, 6.45) is 0. The number of carbonyl (C=O) groups is 2. The van der Waals surface area contributed by atoms with Gasteiger partial charge in [-0.3, -0.25) is 4.79 Å². The minimum absolute atomic E-state index is 0.178. The molecule has 0 saturated heterocycles. The van der Waals surface area contributed by atoms with E-state index in [1.165, 1.54) is 30.3 Å². The number of nitrogens with one attached hydrogen (secondary N) is 3. The first kappa shape index (κ1) is 27.0. The van der Waals surface area contributed by atoms with Crippen molar-refractivity contribution in [2.24, 2.45) is 16.6 Å². The van der Waals surface area contributed by atoms with Crippen molar-refractivity contribution in [1.29, 1.82) is 0 Å². The lowest BCUT2D eigenvalue weighted by atomic mass is 9.98. The van der Waals surface area contributed by atoms with Gasteiger partial charge in [0.2, 0.25) is 10.0 Å². The van der Waals surface area contributed by atoms with E-state index in [9.17, 15) is 22.4 Å². The van der Waals surface area contributed by atoms with Crippen molar-refractivity contribution < 1.29 is 22.4 Å². The Hall–Kier alpha value is -3.55. The number of carbonyl (C=O) groups excluding carboxylic acids is 2. The van der Waals surface area contributed by atoms with E-state index >= 15 is 0 Å². The van der Waals surface area contributed by atoms with Crippen LogP contribution in [0, 0.1) is 5.82 Å². The number of urea groups is 1. The van der Waals surface area contributed by atoms with E-state index in [-0.39, 0.29) is 34.8 Å². The summed E-state index contributed by atoms with van der Waals surface area (Å²) in [7, 11) is -4.06. The Kier molecular flexibility index (Phi) is 8.28. The molecule has 0 heterocycles. The Balaban J connectivity index is 1.81. The van der Waals surface area contributed by atoms with Crippen LogP contribution < -0.4 is 32.6 Å². The molecule has 0 aliphatic carbocycles. The molecule has 13 heteroatoms. The van der Waals surface area contributed by atoms with E-state index in [2.05, 4.69) is 16.0 Å². The van der Waals surface area contributed by atoms with Crippen molar-refractivity contribution in [2.75, 3.05) is 23.7 Å². The first-order valence-electron chi connectivity index (χ1n) is 10.5. The number of primary sulfonamides is 1. The minimum Gasteiger partial charge on any atom is -0.328 e. The van der Waals surface area contributed by atoms with Crippen LogP contribution in [-0.2, 0) is 14.8 Å². The van der Waals surface area contributed by atoms with E-state index in [1.54, 1.807) is 30.3 Å². The molecule has 0 aliphatic rings. The van der Waals surface area contributed by atoms with Crippen LogP contribution >= 0.6 is 11.6 Å². The number of rotatable bonds is 8. The van der Waals surface area contributed by atoms with Gasteiger partial charge in [-0.2, -0.15) is 0 Å². The summed E-state index contributed by atoms with van der Waals surface area (Å²) in [5, 5.41) is 13.1. The van der Waals surface area contributed by atoms with Gasteiger partial charge in [-0.15, -0.1) is 0 Å². The second kappa shape index (κ2) is 11.0. The largest absolute Gasteiger partial charge is 0.328 e. The molecule has 0 aromatic heterocycles.